The molecule has 1 N–H and O–H groups in total. The van der Waals surface area contributed by atoms with Crippen LogP contribution >= 0.6 is 0 Å². The van der Waals surface area contributed by atoms with Crippen LogP contribution in [-0.2, 0) is 17.5 Å². The lowest BCUT2D eigenvalue weighted by atomic mass is 9.84. The fourth-order valence-corrected chi connectivity index (χ4v) is 3.54. The molecular formula is C17H17F6N3O. The fourth-order valence-electron chi connectivity index (χ4n) is 3.54. The normalized spacial score (nSPS) is 21.4. The van der Waals surface area contributed by atoms with E-state index in [4.69, 9.17) is 0 Å². The van der Waals surface area contributed by atoms with Crippen LogP contribution in [0.15, 0.2) is 24.3 Å². The van der Waals surface area contributed by atoms with E-state index in [0.29, 0.717) is 17.4 Å². The molecule has 4 nitrogen and oxygen atoms in total. The molecule has 0 unspecified atom stereocenters. The summed E-state index contributed by atoms with van der Waals surface area (Å²) in [6.45, 7) is -0.754. The van der Waals surface area contributed by atoms with Crippen molar-refractivity contribution in [3.05, 3.63) is 30.1 Å². The van der Waals surface area contributed by atoms with E-state index in [9.17, 15) is 31.1 Å². The highest BCUT2D eigenvalue weighted by atomic mass is 19.4. The van der Waals surface area contributed by atoms with Gasteiger partial charge in [0, 0.05) is 6.04 Å². The van der Waals surface area contributed by atoms with Crippen LogP contribution in [0.5, 0.6) is 0 Å². The molecule has 0 radical (unpaired) electrons. The van der Waals surface area contributed by atoms with Gasteiger partial charge in [0.2, 0.25) is 11.7 Å². The molecule has 1 aromatic carbocycles. The summed E-state index contributed by atoms with van der Waals surface area (Å²) < 4.78 is 79.8. The summed E-state index contributed by atoms with van der Waals surface area (Å²) in [6, 6.07) is 4.63. The molecule has 1 aliphatic rings. The number of imidazole rings is 1. The second-order valence-corrected chi connectivity index (χ2v) is 6.61. The van der Waals surface area contributed by atoms with Crippen LogP contribution in [0.1, 0.15) is 31.5 Å². The van der Waals surface area contributed by atoms with Crippen LogP contribution < -0.4 is 5.32 Å². The molecule has 1 aromatic heterocycles. The van der Waals surface area contributed by atoms with Crippen molar-refractivity contribution < 1.29 is 31.1 Å². The minimum absolute atomic E-state index is 0.0588. The SMILES string of the molecule is O=C(Cn1c(C(F)(F)F)nc2ccccc21)N[C@@H]1CCCC[C@H]1C(F)(F)F. The molecular weight excluding hydrogens is 376 g/mol. The highest BCUT2D eigenvalue weighted by Crippen LogP contribution is 2.38. The number of para-hydroxylation sites is 2. The Bertz CT molecular complexity index is 826. The van der Waals surface area contributed by atoms with Gasteiger partial charge in [-0.2, -0.15) is 26.3 Å². The van der Waals surface area contributed by atoms with Crippen molar-refractivity contribution in [1.82, 2.24) is 14.9 Å². The maximum atomic E-state index is 13.3. The summed E-state index contributed by atoms with van der Waals surface area (Å²) in [6.07, 6.45) is -8.28. The number of carbonyl (C=O) groups excluding carboxylic acids is 1. The molecule has 1 saturated carbocycles. The first kappa shape index (κ1) is 19.5. The van der Waals surface area contributed by atoms with Gasteiger partial charge in [-0.05, 0) is 25.0 Å². The number of aromatic nitrogens is 2. The van der Waals surface area contributed by atoms with Gasteiger partial charge in [-0.1, -0.05) is 25.0 Å². The number of nitrogens with zero attached hydrogens (tertiary/aromatic N) is 2. The summed E-state index contributed by atoms with van der Waals surface area (Å²) in [5.41, 5.74) is 0.152. The van der Waals surface area contributed by atoms with Gasteiger partial charge in [0.15, 0.2) is 0 Å². The number of fused-ring (bicyclic) bond motifs is 1. The molecule has 0 spiro atoms. The fraction of sp³-hybridized carbons (Fsp3) is 0.529. The van der Waals surface area contributed by atoms with Crippen molar-refractivity contribution in [3.8, 4) is 0 Å². The van der Waals surface area contributed by atoms with E-state index in [1.165, 1.54) is 24.3 Å². The van der Waals surface area contributed by atoms with E-state index in [-0.39, 0.29) is 23.9 Å². The van der Waals surface area contributed by atoms with Crippen molar-refractivity contribution in [2.75, 3.05) is 0 Å². The Morgan fingerprint density at radius 3 is 2.44 bits per heavy atom. The molecule has 1 heterocycles. The van der Waals surface area contributed by atoms with Gasteiger partial charge in [-0.25, -0.2) is 4.98 Å². The third-order valence-electron chi connectivity index (χ3n) is 4.74. The molecule has 0 bridgehead atoms. The molecule has 1 amide bonds. The van der Waals surface area contributed by atoms with E-state index < -0.39 is 42.6 Å². The molecule has 0 saturated heterocycles. The van der Waals surface area contributed by atoms with E-state index in [1.54, 1.807) is 0 Å². The zero-order valence-electron chi connectivity index (χ0n) is 14.1. The van der Waals surface area contributed by atoms with E-state index in [0.717, 1.165) is 0 Å². The molecule has 3 rings (SSSR count). The number of hydrogen-bond donors (Lipinski definition) is 1. The number of nitrogens with one attached hydrogen (secondary N) is 1. The van der Waals surface area contributed by atoms with Gasteiger partial charge in [-0.15, -0.1) is 0 Å². The van der Waals surface area contributed by atoms with Crippen molar-refractivity contribution >= 4 is 16.9 Å². The average molecular weight is 393 g/mol. The van der Waals surface area contributed by atoms with Gasteiger partial charge in [0.1, 0.15) is 6.54 Å². The van der Waals surface area contributed by atoms with Crippen LogP contribution in [0.25, 0.3) is 11.0 Å². The van der Waals surface area contributed by atoms with Crippen molar-refractivity contribution in [2.24, 2.45) is 5.92 Å². The van der Waals surface area contributed by atoms with Crippen molar-refractivity contribution in [2.45, 2.75) is 50.6 Å². The van der Waals surface area contributed by atoms with E-state index in [1.807, 2.05) is 0 Å². The molecule has 1 fully saturated rings. The Morgan fingerprint density at radius 1 is 1.11 bits per heavy atom. The van der Waals surface area contributed by atoms with E-state index >= 15 is 0 Å². The largest absolute Gasteiger partial charge is 0.449 e. The summed E-state index contributed by atoms with van der Waals surface area (Å²) in [5, 5.41) is 2.28. The molecule has 2 atom stereocenters. The number of benzene rings is 1. The quantitative estimate of drug-likeness (QED) is 0.791. The lowest BCUT2D eigenvalue weighted by Crippen LogP contribution is -2.48. The maximum absolute atomic E-state index is 13.3. The van der Waals surface area contributed by atoms with Crippen LogP contribution in [0.2, 0.25) is 0 Å². The minimum Gasteiger partial charge on any atom is -0.351 e. The third-order valence-corrected chi connectivity index (χ3v) is 4.74. The van der Waals surface area contributed by atoms with Gasteiger partial charge in [0.25, 0.3) is 0 Å². The topological polar surface area (TPSA) is 46.9 Å². The zero-order chi connectivity index (χ0) is 19.8. The first-order chi connectivity index (χ1) is 12.6. The number of amides is 1. The highest BCUT2D eigenvalue weighted by Gasteiger charge is 2.46. The lowest BCUT2D eigenvalue weighted by molar-refractivity contribution is -0.189. The Morgan fingerprint density at radius 2 is 1.78 bits per heavy atom. The molecule has 27 heavy (non-hydrogen) atoms. The smallest absolute Gasteiger partial charge is 0.351 e. The minimum atomic E-state index is -4.79. The van der Waals surface area contributed by atoms with Crippen LogP contribution in [0.4, 0.5) is 26.3 Å². The lowest BCUT2D eigenvalue weighted by Gasteiger charge is -2.33. The first-order valence-corrected chi connectivity index (χ1v) is 8.46. The first-order valence-electron chi connectivity index (χ1n) is 8.46. The average Bonchev–Trinajstić information content (AvgIpc) is 2.93. The second kappa shape index (κ2) is 7.05. The number of alkyl halides is 6. The van der Waals surface area contributed by atoms with Gasteiger partial charge >= 0.3 is 12.4 Å². The Labute approximate surface area is 150 Å². The molecule has 10 heteroatoms. The Kier molecular flexibility index (Phi) is 5.09. The summed E-state index contributed by atoms with van der Waals surface area (Å²) in [5.74, 6) is -3.84. The maximum Gasteiger partial charge on any atom is 0.449 e. The number of halogens is 6. The summed E-state index contributed by atoms with van der Waals surface area (Å²) in [4.78, 5) is 15.8. The predicted octanol–water partition coefficient (Wildman–Crippen LogP) is 4.29. The van der Waals surface area contributed by atoms with Crippen LogP contribution in [0.3, 0.4) is 0 Å². The van der Waals surface area contributed by atoms with Gasteiger partial charge in [-0.3, -0.25) is 4.79 Å². The molecule has 2 aromatic rings. The zero-order valence-corrected chi connectivity index (χ0v) is 14.1. The van der Waals surface area contributed by atoms with Gasteiger partial charge < -0.3 is 9.88 Å². The Balaban J connectivity index is 1.84. The standard InChI is InChI=1S/C17H17F6N3O/c18-16(19,20)10-5-1-2-6-11(10)24-14(27)9-26-13-8-4-3-7-12(13)25-15(26)17(21,22)23/h3-4,7-8,10-11H,1-2,5-6,9H2,(H,24,27)/t10-,11-/m1/s1. The van der Waals surface area contributed by atoms with Crippen molar-refractivity contribution in [1.29, 1.82) is 0 Å². The molecule has 1 aliphatic carbocycles. The predicted molar refractivity (Wildman–Crippen MR) is 84.7 cm³/mol. The van der Waals surface area contributed by atoms with E-state index in [2.05, 4.69) is 10.3 Å². The second-order valence-electron chi connectivity index (χ2n) is 6.61. The van der Waals surface area contributed by atoms with Gasteiger partial charge in [0.05, 0.1) is 17.0 Å². The highest BCUT2D eigenvalue weighted by molar-refractivity contribution is 5.81. The van der Waals surface area contributed by atoms with Crippen LogP contribution in [0, 0.1) is 5.92 Å². The number of rotatable bonds is 3. The molecule has 148 valence electrons. The molecule has 0 aliphatic heterocycles. The monoisotopic (exact) mass is 393 g/mol. The van der Waals surface area contributed by atoms with Crippen molar-refractivity contribution in [3.63, 3.8) is 0 Å². The number of carbonyl (C=O) groups is 1. The number of hydrogen-bond acceptors (Lipinski definition) is 2. The summed E-state index contributed by atoms with van der Waals surface area (Å²) in [7, 11) is 0. The summed E-state index contributed by atoms with van der Waals surface area (Å²) >= 11 is 0. The Hall–Kier alpha value is -2.26. The van der Waals surface area contributed by atoms with Crippen LogP contribution in [-0.4, -0.2) is 27.7 Å². The third kappa shape index (κ3) is 4.19.